The van der Waals surface area contributed by atoms with E-state index in [0.29, 0.717) is 50.4 Å². The molecule has 5 aliphatic carbocycles. The van der Waals surface area contributed by atoms with Crippen LogP contribution in [0.15, 0.2) is 27.6 Å². The Hall–Kier alpha value is -2.35. The van der Waals surface area contributed by atoms with Crippen molar-refractivity contribution >= 4 is 12.0 Å². The maximum atomic E-state index is 13.2. The van der Waals surface area contributed by atoms with Gasteiger partial charge in [0.1, 0.15) is 6.10 Å². The highest BCUT2D eigenvalue weighted by Crippen LogP contribution is 2.70. The zero-order valence-corrected chi connectivity index (χ0v) is 27.5. The van der Waals surface area contributed by atoms with Crippen LogP contribution in [0.1, 0.15) is 122 Å². The van der Waals surface area contributed by atoms with Crippen molar-refractivity contribution in [3.63, 3.8) is 0 Å². The SMILES string of the molecule is C[C@]12CC[C@H](OC(=O)N3CCN(C(=O)CC4CCCCC4)CC3)C[C@H]1CC[C@@H]1[C@@H]2CC[C@]2(C)[C@@H](c3ccc(=O)oc3)CC[C@]12O. The van der Waals surface area contributed by atoms with Crippen LogP contribution in [0.5, 0.6) is 0 Å². The molecule has 1 aromatic heterocycles. The third-order valence-electron chi connectivity index (χ3n) is 14.3. The molecule has 1 saturated heterocycles. The topological polar surface area (TPSA) is 100 Å². The lowest BCUT2D eigenvalue weighted by Crippen LogP contribution is -2.62. The second-order valence-electron chi connectivity index (χ2n) is 16.2. The number of ether oxygens (including phenoxy) is 1. The van der Waals surface area contributed by atoms with Crippen LogP contribution in [-0.2, 0) is 9.53 Å². The van der Waals surface area contributed by atoms with Crippen molar-refractivity contribution in [2.75, 3.05) is 26.2 Å². The molecule has 2 heterocycles. The molecule has 5 saturated carbocycles. The number of amides is 2. The summed E-state index contributed by atoms with van der Waals surface area (Å²) >= 11 is 0. The van der Waals surface area contributed by atoms with E-state index in [-0.39, 0.29) is 46.4 Å². The van der Waals surface area contributed by atoms with Crippen LogP contribution >= 0.6 is 0 Å². The molecule has 6 fully saturated rings. The Balaban J connectivity index is 0.937. The molecule has 7 rings (SSSR count). The van der Waals surface area contributed by atoms with Crippen molar-refractivity contribution in [3.8, 4) is 0 Å². The first-order valence-corrected chi connectivity index (χ1v) is 18.2. The minimum absolute atomic E-state index is 0.0568. The van der Waals surface area contributed by atoms with E-state index in [2.05, 4.69) is 13.8 Å². The zero-order valence-electron chi connectivity index (χ0n) is 27.5. The number of nitrogens with zero attached hydrogens (tertiary/aromatic N) is 2. The summed E-state index contributed by atoms with van der Waals surface area (Å²) in [5.41, 5.74) is -0.0820. The first-order valence-electron chi connectivity index (χ1n) is 18.2. The van der Waals surface area contributed by atoms with E-state index in [1.165, 1.54) is 38.2 Å². The molecule has 45 heavy (non-hydrogen) atoms. The summed E-state index contributed by atoms with van der Waals surface area (Å²) in [6, 6.07) is 3.41. The van der Waals surface area contributed by atoms with Gasteiger partial charge in [0.05, 0.1) is 11.9 Å². The zero-order chi connectivity index (χ0) is 31.4. The van der Waals surface area contributed by atoms with Gasteiger partial charge in [-0.1, -0.05) is 33.1 Å². The minimum Gasteiger partial charge on any atom is -0.446 e. The Morgan fingerprint density at radius 3 is 2.38 bits per heavy atom. The highest BCUT2D eigenvalue weighted by atomic mass is 16.6. The van der Waals surface area contributed by atoms with Crippen LogP contribution < -0.4 is 5.63 Å². The van der Waals surface area contributed by atoms with Gasteiger partial charge >= 0.3 is 11.7 Å². The van der Waals surface area contributed by atoms with Gasteiger partial charge in [-0.2, -0.15) is 0 Å². The molecule has 8 heteroatoms. The van der Waals surface area contributed by atoms with Crippen molar-refractivity contribution < 1.29 is 23.8 Å². The van der Waals surface area contributed by atoms with Crippen molar-refractivity contribution in [2.45, 2.75) is 128 Å². The fraction of sp³-hybridized carbons (Fsp3) is 0.811. The van der Waals surface area contributed by atoms with Crippen molar-refractivity contribution in [3.05, 3.63) is 34.4 Å². The molecule has 0 spiro atoms. The van der Waals surface area contributed by atoms with E-state index in [9.17, 15) is 19.5 Å². The summed E-state index contributed by atoms with van der Waals surface area (Å²) in [4.78, 5) is 41.5. The largest absolute Gasteiger partial charge is 0.446 e. The second kappa shape index (κ2) is 12.0. The molecule has 6 aliphatic rings. The fourth-order valence-corrected chi connectivity index (χ4v) is 11.5. The lowest BCUT2D eigenvalue weighted by atomic mass is 9.43. The molecule has 0 unspecified atom stereocenters. The van der Waals surface area contributed by atoms with Crippen LogP contribution in [0.2, 0.25) is 0 Å². The van der Waals surface area contributed by atoms with Crippen LogP contribution in [-0.4, -0.2) is 64.8 Å². The first kappa shape index (κ1) is 31.3. The molecule has 8 atom stereocenters. The smallest absolute Gasteiger partial charge is 0.410 e. The molecule has 1 N–H and O–H groups in total. The summed E-state index contributed by atoms with van der Waals surface area (Å²) in [6.45, 7) is 7.07. The maximum Gasteiger partial charge on any atom is 0.410 e. The van der Waals surface area contributed by atoms with Gasteiger partial charge in [0, 0.05) is 44.1 Å². The highest BCUT2D eigenvalue weighted by molar-refractivity contribution is 5.77. The number of carbonyl (C=O) groups excluding carboxylic acids is 2. The van der Waals surface area contributed by atoms with Crippen LogP contribution in [0.25, 0.3) is 0 Å². The molecule has 2 amide bonds. The van der Waals surface area contributed by atoms with Gasteiger partial charge in [-0.3, -0.25) is 4.79 Å². The number of hydrogen-bond acceptors (Lipinski definition) is 6. The number of fused-ring (bicyclic) bond motifs is 5. The van der Waals surface area contributed by atoms with Gasteiger partial charge in [-0.15, -0.1) is 0 Å². The summed E-state index contributed by atoms with van der Waals surface area (Å²) in [5.74, 6) is 2.23. The molecule has 0 aromatic carbocycles. The molecule has 248 valence electrons. The molecule has 0 bridgehead atoms. The summed E-state index contributed by atoms with van der Waals surface area (Å²) in [6.07, 6.45) is 16.9. The van der Waals surface area contributed by atoms with Gasteiger partial charge in [0.25, 0.3) is 0 Å². The lowest BCUT2D eigenvalue weighted by molar-refractivity contribution is -0.205. The average molecular weight is 623 g/mol. The lowest BCUT2D eigenvalue weighted by Gasteiger charge is -2.63. The summed E-state index contributed by atoms with van der Waals surface area (Å²) < 4.78 is 11.4. The maximum absolute atomic E-state index is 13.2. The Bertz CT molecular complexity index is 1300. The monoisotopic (exact) mass is 622 g/mol. The van der Waals surface area contributed by atoms with E-state index in [1.54, 1.807) is 11.2 Å². The number of rotatable bonds is 4. The Morgan fingerprint density at radius 2 is 1.64 bits per heavy atom. The number of piperazine rings is 1. The van der Waals surface area contributed by atoms with E-state index >= 15 is 0 Å². The average Bonchev–Trinajstić information content (AvgIpc) is 3.33. The van der Waals surface area contributed by atoms with Gasteiger partial charge < -0.3 is 24.1 Å². The quantitative estimate of drug-likeness (QED) is 0.412. The van der Waals surface area contributed by atoms with E-state index in [0.717, 1.165) is 63.4 Å². The van der Waals surface area contributed by atoms with Gasteiger partial charge in [0.15, 0.2) is 0 Å². The highest BCUT2D eigenvalue weighted by Gasteiger charge is 2.67. The van der Waals surface area contributed by atoms with Gasteiger partial charge in [-0.05, 0) is 117 Å². The predicted molar refractivity (Wildman–Crippen MR) is 171 cm³/mol. The minimum atomic E-state index is -0.714. The summed E-state index contributed by atoms with van der Waals surface area (Å²) in [7, 11) is 0. The normalized spacial score (nSPS) is 40.3. The van der Waals surface area contributed by atoms with E-state index in [1.807, 2.05) is 11.0 Å². The molecule has 1 aliphatic heterocycles. The van der Waals surface area contributed by atoms with Gasteiger partial charge in [-0.25, -0.2) is 9.59 Å². The fourth-order valence-electron chi connectivity index (χ4n) is 11.5. The predicted octanol–water partition coefficient (Wildman–Crippen LogP) is 6.50. The molecule has 8 nitrogen and oxygen atoms in total. The Labute approximate surface area is 268 Å². The standard InChI is InChI=1S/C37H54N2O6/c1-35-15-12-28(45-34(42)39-20-18-38(19-21-39)32(40)22-25-6-4-3-5-7-25)23-27(35)9-10-31-30(35)13-16-36(2)29(14-17-37(31,36)43)26-8-11-33(41)44-24-26/h8,11,24-25,27-31,43H,3-7,9-10,12-23H2,1-2H3/t27-,28+,29-,30+,31-,35+,36-,37+/m1/s1. The van der Waals surface area contributed by atoms with Crippen molar-refractivity contribution in [1.29, 1.82) is 0 Å². The van der Waals surface area contributed by atoms with Crippen molar-refractivity contribution in [1.82, 2.24) is 9.80 Å². The van der Waals surface area contributed by atoms with E-state index < -0.39 is 5.60 Å². The number of carbonyl (C=O) groups is 2. The molecular weight excluding hydrogens is 568 g/mol. The van der Waals surface area contributed by atoms with Gasteiger partial charge in [0.2, 0.25) is 5.91 Å². The molecule has 1 aromatic rings. The Kier molecular flexibility index (Phi) is 8.35. The van der Waals surface area contributed by atoms with Crippen LogP contribution in [0.4, 0.5) is 4.79 Å². The van der Waals surface area contributed by atoms with E-state index in [4.69, 9.17) is 9.15 Å². The molecular formula is C37H54N2O6. The number of hydrogen-bond donors (Lipinski definition) is 1. The first-order chi connectivity index (χ1) is 21.6. The second-order valence-corrected chi connectivity index (χ2v) is 16.2. The Morgan fingerprint density at radius 1 is 0.889 bits per heavy atom. The van der Waals surface area contributed by atoms with Crippen LogP contribution in [0, 0.1) is 34.5 Å². The molecule has 0 radical (unpaired) electrons. The third kappa shape index (κ3) is 5.45. The number of aliphatic hydroxyl groups is 1. The summed E-state index contributed by atoms with van der Waals surface area (Å²) in [5, 5.41) is 12.5. The third-order valence-corrected chi connectivity index (χ3v) is 14.3. The van der Waals surface area contributed by atoms with Crippen molar-refractivity contribution in [2.24, 2.45) is 34.5 Å². The van der Waals surface area contributed by atoms with Crippen LogP contribution in [0.3, 0.4) is 0 Å².